The maximum absolute atomic E-state index is 12.1. The predicted molar refractivity (Wildman–Crippen MR) is 122 cm³/mol. The highest BCUT2D eigenvalue weighted by Crippen LogP contribution is 2.23. The van der Waals surface area contributed by atoms with Gasteiger partial charge in [-0.3, -0.25) is 4.79 Å². The van der Waals surface area contributed by atoms with Gasteiger partial charge in [-0.05, 0) is 36.2 Å². The lowest BCUT2D eigenvalue weighted by molar-refractivity contribution is -0.118. The Bertz CT molecular complexity index is 1130. The van der Waals surface area contributed by atoms with Gasteiger partial charge in [-0.25, -0.2) is 4.98 Å². The summed E-state index contributed by atoms with van der Waals surface area (Å²) < 4.78 is 12.0. The minimum absolute atomic E-state index is 0.0675. The molecular formula is C22H22N4O3S2. The maximum Gasteiger partial charge on any atom is 0.277 e. The zero-order valence-electron chi connectivity index (χ0n) is 17.0. The molecule has 0 saturated carbocycles. The highest BCUT2D eigenvalue weighted by atomic mass is 32.2. The molecule has 2 aromatic heterocycles. The van der Waals surface area contributed by atoms with E-state index < -0.39 is 0 Å². The Balaban J connectivity index is 1.18. The molecule has 0 unspecified atom stereocenters. The number of aryl methyl sites for hydroxylation is 2. The summed E-state index contributed by atoms with van der Waals surface area (Å²) in [7, 11) is 1.64. The molecule has 7 nitrogen and oxygen atoms in total. The van der Waals surface area contributed by atoms with Crippen LogP contribution in [0.5, 0.6) is 5.75 Å². The molecule has 1 N–H and O–H groups in total. The lowest BCUT2D eigenvalue weighted by Crippen LogP contribution is -2.27. The fraction of sp³-hybridized carbons (Fsp3) is 0.273. The van der Waals surface area contributed by atoms with E-state index in [1.807, 2.05) is 42.5 Å². The highest BCUT2D eigenvalue weighted by Gasteiger charge is 2.11. The summed E-state index contributed by atoms with van der Waals surface area (Å²) in [5, 5.41) is 12.5. The molecule has 0 aliphatic heterocycles. The molecule has 0 aliphatic carbocycles. The summed E-state index contributed by atoms with van der Waals surface area (Å²) in [6.07, 6.45) is 2.11. The minimum Gasteiger partial charge on any atom is -0.497 e. The lowest BCUT2D eigenvalue weighted by Gasteiger charge is -2.06. The molecule has 0 atom stereocenters. The number of hydrogen-bond donors (Lipinski definition) is 1. The van der Waals surface area contributed by atoms with E-state index in [9.17, 15) is 4.79 Å². The number of amides is 1. The Morgan fingerprint density at radius 1 is 1.13 bits per heavy atom. The van der Waals surface area contributed by atoms with Gasteiger partial charge in [0, 0.05) is 19.4 Å². The summed E-state index contributed by atoms with van der Waals surface area (Å²) in [4.78, 5) is 16.7. The van der Waals surface area contributed by atoms with E-state index in [4.69, 9.17) is 9.15 Å². The van der Waals surface area contributed by atoms with Crippen LogP contribution in [0.4, 0.5) is 0 Å². The van der Waals surface area contributed by atoms with Crippen LogP contribution in [-0.2, 0) is 24.1 Å². The second-order valence-electron chi connectivity index (χ2n) is 6.78. The van der Waals surface area contributed by atoms with Gasteiger partial charge >= 0.3 is 0 Å². The largest absolute Gasteiger partial charge is 0.497 e. The summed E-state index contributed by atoms with van der Waals surface area (Å²) in [5.41, 5.74) is 2.13. The molecule has 1 amide bonds. The average molecular weight is 455 g/mol. The first-order chi connectivity index (χ1) is 15.2. The normalized spacial score (nSPS) is 11.0. The third kappa shape index (κ3) is 6.05. The van der Waals surface area contributed by atoms with Crippen molar-refractivity contribution in [2.24, 2.45) is 0 Å². The number of thiazole rings is 1. The number of para-hydroxylation sites is 1. The molecule has 4 aromatic rings. The van der Waals surface area contributed by atoms with E-state index in [1.165, 1.54) is 16.5 Å². The van der Waals surface area contributed by atoms with E-state index in [2.05, 4.69) is 26.6 Å². The van der Waals surface area contributed by atoms with E-state index in [1.54, 1.807) is 18.4 Å². The van der Waals surface area contributed by atoms with Crippen molar-refractivity contribution in [3.05, 3.63) is 65.0 Å². The number of rotatable bonds is 10. The number of hydrogen-bond acceptors (Lipinski definition) is 8. The number of thioether (sulfide) groups is 1. The van der Waals surface area contributed by atoms with E-state index >= 15 is 0 Å². The Morgan fingerprint density at radius 2 is 2.03 bits per heavy atom. The molecule has 0 bridgehead atoms. The quantitative estimate of drug-likeness (QED) is 0.363. The molecule has 0 radical (unpaired) electrons. The van der Waals surface area contributed by atoms with Gasteiger partial charge in [-0.15, -0.1) is 21.5 Å². The fourth-order valence-electron chi connectivity index (χ4n) is 2.99. The molecule has 160 valence electrons. The Labute approximate surface area is 188 Å². The van der Waals surface area contributed by atoms with Gasteiger partial charge in [-0.2, -0.15) is 0 Å². The predicted octanol–water partition coefficient (Wildman–Crippen LogP) is 3.92. The number of carbonyl (C=O) groups excluding carboxylic acids is 1. The number of fused-ring (bicyclic) bond motifs is 1. The molecule has 0 spiro atoms. The van der Waals surface area contributed by atoms with Gasteiger partial charge in [-0.1, -0.05) is 36.0 Å². The van der Waals surface area contributed by atoms with Crippen LogP contribution >= 0.6 is 23.1 Å². The van der Waals surface area contributed by atoms with E-state index in [-0.39, 0.29) is 11.7 Å². The summed E-state index contributed by atoms with van der Waals surface area (Å²) in [6, 6.07) is 15.9. The molecule has 2 heterocycles. The van der Waals surface area contributed by atoms with Crippen molar-refractivity contribution in [1.82, 2.24) is 20.5 Å². The number of methoxy groups -OCH3 is 1. The van der Waals surface area contributed by atoms with Crippen molar-refractivity contribution >= 4 is 39.2 Å². The zero-order valence-corrected chi connectivity index (χ0v) is 18.7. The molecule has 9 heteroatoms. The van der Waals surface area contributed by atoms with Crippen molar-refractivity contribution < 1.29 is 13.9 Å². The number of nitrogens with one attached hydrogen (secondary N) is 1. The van der Waals surface area contributed by atoms with Crippen LogP contribution in [0.15, 0.2) is 58.2 Å². The van der Waals surface area contributed by atoms with Crippen LogP contribution in [-0.4, -0.2) is 40.5 Å². The first kappa shape index (κ1) is 21.3. The van der Waals surface area contributed by atoms with Crippen molar-refractivity contribution in [1.29, 1.82) is 0 Å². The van der Waals surface area contributed by atoms with E-state index in [0.717, 1.165) is 34.7 Å². The third-order valence-corrected chi connectivity index (χ3v) is 6.45. The standard InChI is InChI=1S/C22H22N4O3S2/c1-28-16-6-4-5-15(13-16)11-12-23-19(27)14-30-22-26-25-20(29-22)9-10-21-24-17-7-2-3-8-18(17)31-21/h2-8,13H,9-12,14H2,1H3,(H,23,27). The number of carbonyl (C=O) groups is 1. The van der Waals surface area contributed by atoms with Gasteiger partial charge in [0.05, 0.1) is 28.1 Å². The van der Waals surface area contributed by atoms with Gasteiger partial charge in [0.2, 0.25) is 11.8 Å². The number of benzene rings is 2. The van der Waals surface area contributed by atoms with Gasteiger partial charge in [0.15, 0.2) is 0 Å². The third-order valence-electron chi connectivity index (χ3n) is 4.54. The van der Waals surface area contributed by atoms with Crippen LogP contribution in [0.25, 0.3) is 10.2 Å². The zero-order chi connectivity index (χ0) is 21.5. The fourth-order valence-corrected chi connectivity index (χ4v) is 4.57. The second-order valence-corrected chi connectivity index (χ2v) is 8.82. The second kappa shape index (κ2) is 10.4. The minimum atomic E-state index is -0.0675. The van der Waals surface area contributed by atoms with Crippen LogP contribution < -0.4 is 10.1 Å². The van der Waals surface area contributed by atoms with Crippen LogP contribution in [0, 0.1) is 0 Å². The summed E-state index contributed by atoms with van der Waals surface area (Å²) in [6.45, 7) is 0.559. The van der Waals surface area contributed by atoms with Gasteiger partial charge < -0.3 is 14.5 Å². The SMILES string of the molecule is COc1cccc(CCNC(=O)CSc2nnc(CCc3nc4ccccc4s3)o2)c1. The van der Waals surface area contributed by atoms with Crippen molar-refractivity contribution in [2.75, 3.05) is 19.4 Å². The molecular weight excluding hydrogens is 432 g/mol. The van der Waals surface area contributed by atoms with E-state index in [0.29, 0.717) is 24.1 Å². The van der Waals surface area contributed by atoms with Gasteiger partial charge in [0.25, 0.3) is 5.22 Å². The Hall–Kier alpha value is -2.91. The summed E-state index contributed by atoms with van der Waals surface area (Å²) >= 11 is 2.92. The Morgan fingerprint density at radius 3 is 2.90 bits per heavy atom. The molecule has 0 saturated heterocycles. The smallest absolute Gasteiger partial charge is 0.277 e. The number of ether oxygens (including phenoxy) is 1. The number of nitrogens with zero attached hydrogens (tertiary/aromatic N) is 3. The first-order valence-corrected chi connectivity index (χ1v) is 11.7. The molecule has 31 heavy (non-hydrogen) atoms. The van der Waals surface area contributed by atoms with Crippen LogP contribution in [0.2, 0.25) is 0 Å². The molecule has 2 aromatic carbocycles. The molecule has 0 aliphatic rings. The maximum atomic E-state index is 12.1. The topological polar surface area (TPSA) is 90.1 Å². The first-order valence-electron chi connectivity index (χ1n) is 9.89. The van der Waals surface area contributed by atoms with Crippen molar-refractivity contribution in [3.63, 3.8) is 0 Å². The molecule has 4 rings (SSSR count). The number of aromatic nitrogens is 3. The van der Waals surface area contributed by atoms with Crippen LogP contribution in [0.1, 0.15) is 16.5 Å². The lowest BCUT2D eigenvalue weighted by atomic mass is 10.1. The van der Waals surface area contributed by atoms with Crippen molar-refractivity contribution in [2.45, 2.75) is 24.5 Å². The van der Waals surface area contributed by atoms with Crippen molar-refractivity contribution in [3.8, 4) is 5.75 Å². The Kier molecular flexibility index (Phi) is 7.16. The van der Waals surface area contributed by atoms with Gasteiger partial charge in [0.1, 0.15) is 5.75 Å². The van der Waals surface area contributed by atoms with Crippen LogP contribution in [0.3, 0.4) is 0 Å². The summed E-state index contributed by atoms with van der Waals surface area (Å²) in [5.74, 6) is 1.54. The highest BCUT2D eigenvalue weighted by molar-refractivity contribution is 7.99. The molecule has 0 fully saturated rings. The average Bonchev–Trinajstić information content (AvgIpc) is 3.43. The monoisotopic (exact) mass is 454 g/mol.